The summed E-state index contributed by atoms with van der Waals surface area (Å²) in [4.78, 5) is 34.1. The van der Waals surface area contributed by atoms with Crippen LogP contribution in [0.4, 0.5) is 0 Å². The number of amides is 2. The Bertz CT molecular complexity index is 776. The molecule has 0 atom stereocenters. The van der Waals surface area contributed by atoms with Gasteiger partial charge in [0.25, 0.3) is 11.8 Å². The lowest BCUT2D eigenvalue weighted by atomic mass is 10.0. The van der Waals surface area contributed by atoms with Crippen molar-refractivity contribution in [2.24, 2.45) is 0 Å². The Morgan fingerprint density at radius 1 is 1.19 bits per heavy atom. The van der Waals surface area contributed by atoms with Crippen LogP contribution in [0.2, 0.25) is 0 Å². The number of para-hydroxylation sites is 2. The fourth-order valence-corrected chi connectivity index (χ4v) is 2.92. The standard InChI is InChI=1S/C19H22N4O4/c1-26-16-4-2-3-5-17(16)27-13-18(24)23-10-6-14(7-11-23)22-19(25)15-12-20-8-9-21-15/h2-5,8-9,12,14H,6-7,10-11,13H2,1H3,(H,22,25). The molecule has 0 aliphatic carbocycles. The van der Waals surface area contributed by atoms with Crippen LogP contribution in [0.15, 0.2) is 42.9 Å². The molecule has 2 amide bonds. The van der Waals surface area contributed by atoms with Crippen molar-refractivity contribution < 1.29 is 19.1 Å². The molecular formula is C19H22N4O4. The molecule has 27 heavy (non-hydrogen) atoms. The van der Waals surface area contributed by atoms with Crippen LogP contribution in [0.25, 0.3) is 0 Å². The van der Waals surface area contributed by atoms with Crippen molar-refractivity contribution in [1.82, 2.24) is 20.2 Å². The smallest absolute Gasteiger partial charge is 0.271 e. The number of benzene rings is 1. The highest BCUT2D eigenvalue weighted by Crippen LogP contribution is 2.25. The summed E-state index contributed by atoms with van der Waals surface area (Å²) in [7, 11) is 1.56. The summed E-state index contributed by atoms with van der Waals surface area (Å²) in [5, 5.41) is 2.94. The second-order valence-corrected chi connectivity index (χ2v) is 6.16. The molecule has 0 radical (unpaired) electrons. The lowest BCUT2D eigenvalue weighted by molar-refractivity contribution is -0.134. The topological polar surface area (TPSA) is 93.7 Å². The number of hydrogen-bond donors (Lipinski definition) is 1. The summed E-state index contributed by atoms with van der Waals surface area (Å²) in [6, 6.07) is 7.23. The zero-order chi connectivity index (χ0) is 19.1. The van der Waals surface area contributed by atoms with E-state index in [0.29, 0.717) is 43.1 Å². The molecule has 1 aromatic carbocycles. The Balaban J connectivity index is 1.44. The summed E-state index contributed by atoms with van der Waals surface area (Å²) in [6.07, 6.45) is 5.81. The number of rotatable bonds is 6. The summed E-state index contributed by atoms with van der Waals surface area (Å²) < 4.78 is 10.8. The van der Waals surface area contributed by atoms with E-state index in [1.54, 1.807) is 24.1 Å². The Morgan fingerprint density at radius 3 is 2.59 bits per heavy atom. The van der Waals surface area contributed by atoms with Crippen molar-refractivity contribution in [3.8, 4) is 11.5 Å². The summed E-state index contributed by atoms with van der Waals surface area (Å²) in [5.74, 6) is 0.808. The average molecular weight is 370 g/mol. The van der Waals surface area contributed by atoms with Gasteiger partial charge in [0, 0.05) is 31.5 Å². The summed E-state index contributed by atoms with van der Waals surface area (Å²) >= 11 is 0. The summed E-state index contributed by atoms with van der Waals surface area (Å²) in [5.41, 5.74) is 0.293. The molecule has 2 heterocycles. The highest BCUT2D eigenvalue weighted by atomic mass is 16.5. The molecular weight excluding hydrogens is 348 g/mol. The lowest BCUT2D eigenvalue weighted by Crippen LogP contribution is -2.47. The van der Waals surface area contributed by atoms with E-state index in [1.165, 1.54) is 18.6 Å². The molecule has 1 saturated heterocycles. The molecule has 8 nitrogen and oxygen atoms in total. The Kier molecular flexibility index (Phi) is 6.19. The molecule has 1 aliphatic heterocycles. The van der Waals surface area contributed by atoms with Crippen LogP contribution in [-0.4, -0.2) is 59.5 Å². The van der Waals surface area contributed by atoms with Crippen molar-refractivity contribution in [3.05, 3.63) is 48.5 Å². The number of ether oxygens (including phenoxy) is 2. The molecule has 0 spiro atoms. The van der Waals surface area contributed by atoms with Crippen LogP contribution in [0.3, 0.4) is 0 Å². The fourth-order valence-electron chi connectivity index (χ4n) is 2.92. The van der Waals surface area contributed by atoms with Gasteiger partial charge >= 0.3 is 0 Å². The van der Waals surface area contributed by atoms with Gasteiger partial charge in [-0.1, -0.05) is 12.1 Å². The number of hydrogen-bond acceptors (Lipinski definition) is 6. The van der Waals surface area contributed by atoms with Crippen LogP contribution in [0, 0.1) is 0 Å². The Labute approximate surface area is 157 Å². The predicted octanol–water partition coefficient (Wildman–Crippen LogP) is 1.28. The number of piperidine rings is 1. The van der Waals surface area contributed by atoms with Crippen molar-refractivity contribution in [3.63, 3.8) is 0 Å². The van der Waals surface area contributed by atoms with Gasteiger partial charge in [-0.05, 0) is 25.0 Å². The SMILES string of the molecule is COc1ccccc1OCC(=O)N1CCC(NC(=O)c2cnccn2)CC1. The monoisotopic (exact) mass is 370 g/mol. The third kappa shape index (κ3) is 4.93. The zero-order valence-corrected chi connectivity index (χ0v) is 15.1. The molecule has 142 valence electrons. The van der Waals surface area contributed by atoms with Gasteiger partial charge in [0.1, 0.15) is 5.69 Å². The number of aromatic nitrogens is 2. The highest BCUT2D eigenvalue weighted by Gasteiger charge is 2.24. The van der Waals surface area contributed by atoms with Crippen LogP contribution < -0.4 is 14.8 Å². The first-order valence-electron chi connectivity index (χ1n) is 8.78. The minimum absolute atomic E-state index is 0.0127. The van der Waals surface area contributed by atoms with Gasteiger partial charge in [-0.3, -0.25) is 14.6 Å². The zero-order valence-electron chi connectivity index (χ0n) is 15.1. The highest BCUT2D eigenvalue weighted by molar-refractivity contribution is 5.92. The number of nitrogens with one attached hydrogen (secondary N) is 1. The van der Waals surface area contributed by atoms with E-state index in [1.807, 2.05) is 12.1 Å². The maximum absolute atomic E-state index is 12.4. The molecule has 2 aromatic rings. The van der Waals surface area contributed by atoms with Gasteiger partial charge in [-0.15, -0.1) is 0 Å². The second kappa shape index (κ2) is 8.98. The number of carbonyl (C=O) groups excluding carboxylic acids is 2. The molecule has 1 fully saturated rings. The first-order chi connectivity index (χ1) is 13.2. The molecule has 8 heteroatoms. The van der Waals surface area contributed by atoms with Gasteiger partial charge in [0.2, 0.25) is 0 Å². The first-order valence-corrected chi connectivity index (χ1v) is 8.78. The van der Waals surface area contributed by atoms with E-state index in [4.69, 9.17) is 9.47 Å². The quantitative estimate of drug-likeness (QED) is 0.823. The molecule has 0 bridgehead atoms. The van der Waals surface area contributed by atoms with Crippen LogP contribution in [-0.2, 0) is 4.79 Å². The number of carbonyl (C=O) groups is 2. The van der Waals surface area contributed by atoms with Gasteiger partial charge < -0.3 is 19.7 Å². The van der Waals surface area contributed by atoms with Crippen LogP contribution in [0.1, 0.15) is 23.3 Å². The molecule has 1 aliphatic rings. The third-order valence-electron chi connectivity index (χ3n) is 4.40. The molecule has 1 aromatic heterocycles. The van der Waals surface area contributed by atoms with Crippen molar-refractivity contribution in [1.29, 1.82) is 0 Å². The van der Waals surface area contributed by atoms with Gasteiger partial charge in [-0.2, -0.15) is 0 Å². The van der Waals surface area contributed by atoms with Crippen LogP contribution in [0.5, 0.6) is 11.5 Å². The minimum atomic E-state index is -0.243. The van der Waals surface area contributed by atoms with E-state index in [2.05, 4.69) is 15.3 Å². The van der Waals surface area contributed by atoms with E-state index in [0.717, 1.165) is 0 Å². The second-order valence-electron chi connectivity index (χ2n) is 6.16. The van der Waals surface area contributed by atoms with Crippen molar-refractivity contribution in [2.45, 2.75) is 18.9 Å². The Hall–Kier alpha value is -3.16. The van der Waals surface area contributed by atoms with Gasteiger partial charge in [0.05, 0.1) is 13.3 Å². The number of likely N-dealkylation sites (tertiary alicyclic amines) is 1. The van der Waals surface area contributed by atoms with E-state index >= 15 is 0 Å². The predicted molar refractivity (Wildman–Crippen MR) is 97.6 cm³/mol. The summed E-state index contributed by atoms with van der Waals surface area (Å²) in [6.45, 7) is 1.09. The number of nitrogens with zero attached hydrogens (tertiary/aromatic N) is 3. The maximum atomic E-state index is 12.4. The molecule has 1 N–H and O–H groups in total. The lowest BCUT2D eigenvalue weighted by Gasteiger charge is -2.32. The molecule has 3 rings (SSSR count). The van der Waals surface area contributed by atoms with E-state index in [-0.39, 0.29) is 24.5 Å². The van der Waals surface area contributed by atoms with Crippen molar-refractivity contribution in [2.75, 3.05) is 26.8 Å². The van der Waals surface area contributed by atoms with Crippen LogP contribution >= 0.6 is 0 Å². The Morgan fingerprint density at radius 2 is 1.93 bits per heavy atom. The van der Waals surface area contributed by atoms with E-state index in [9.17, 15) is 9.59 Å². The molecule has 0 saturated carbocycles. The average Bonchev–Trinajstić information content (AvgIpc) is 2.73. The minimum Gasteiger partial charge on any atom is -0.493 e. The van der Waals surface area contributed by atoms with Crippen molar-refractivity contribution >= 4 is 11.8 Å². The normalized spacial score (nSPS) is 14.5. The van der Waals surface area contributed by atoms with E-state index < -0.39 is 0 Å². The van der Waals surface area contributed by atoms with Gasteiger partial charge in [0.15, 0.2) is 18.1 Å². The third-order valence-corrected chi connectivity index (χ3v) is 4.40. The first kappa shape index (κ1) is 18.6. The largest absolute Gasteiger partial charge is 0.493 e. The maximum Gasteiger partial charge on any atom is 0.271 e. The fraction of sp³-hybridized carbons (Fsp3) is 0.368. The molecule has 0 unspecified atom stereocenters. The van der Waals surface area contributed by atoms with Gasteiger partial charge in [-0.25, -0.2) is 4.98 Å². The number of methoxy groups -OCH3 is 1.